The van der Waals surface area contributed by atoms with Gasteiger partial charge in [0.25, 0.3) is 0 Å². The van der Waals surface area contributed by atoms with E-state index in [9.17, 15) is 9.59 Å². The molecule has 0 saturated heterocycles. The van der Waals surface area contributed by atoms with E-state index >= 15 is 0 Å². The van der Waals surface area contributed by atoms with Crippen molar-refractivity contribution < 1.29 is 19.8 Å². The van der Waals surface area contributed by atoms with Gasteiger partial charge in [0.2, 0.25) is 0 Å². The predicted molar refractivity (Wildman–Crippen MR) is 49.1 cm³/mol. The summed E-state index contributed by atoms with van der Waals surface area (Å²) in [7, 11) is 0. The first-order valence-electron chi connectivity index (χ1n) is 3.43. The van der Waals surface area contributed by atoms with E-state index in [1.54, 1.807) is 0 Å². The Morgan fingerprint density at radius 2 is 1.21 bits per heavy atom. The smallest absolute Gasteiger partial charge is 0.328 e. The van der Waals surface area contributed by atoms with Gasteiger partial charge in [-0.25, -0.2) is 9.59 Å². The van der Waals surface area contributed by atoms with Crippen LogP contribution in [0.5, 0.6) is 0 Å². The molecule has 0 saturated carbocycles. The van der Waals surface area contributed by atoms with Gasteiger partial charge in [0.15, 0.2) is 0 Å². The minimum Gasteiger partial charge on any atom is -0.478 e. The number of allylic oxidation sites excluding steroid dienone is 2. The van der Waals surface area contributed by atoms with E-state index in [-0.39, 0.29) is 0 Å². The molecule has 0 aliphatic carbocycles. The zero-order valence-corrected chi connectivity index (χ0v) is 7.02. The van der Waals surface area contributed by atoms with E-state index in [2.05, 4.69) is 23.7 Å². The molecular weight excluding hydrogens is 184 g/mol. The highest BCUT2D eigenvalue weighted by molar-refractivity contribution is 5.80. The third kappa shape index (κ3) is 9.54. The van der Waals surface area contributed by atoms with Crippen molar-refractivity contribution in [2.24, 2.45) is 0 Å². The molecule has 0 bridgehead atoms. The average molecular weight is 190 g/mol. The van der Waals surface area contributed by atoms with Crippen molar-refractivity contribution in [1.29, 1.82) is 0 Å². The van der Waals surface area contributed by atoms with E-state index in [4.69, 9.17) is 10.2 Å². The van der Waals surface area contributed by atoms with Crippen molar-refractivity contribution in [1.82, 2.24) is 0 Å². The van der Waals surface area contributed by atoms with Gasteiger partial charge >= 0.3 is 11.9 Å². The molecule has 4 heteroatoms. The number of carbonyl (C=O) groups is 2. The summed E-state index contributed by atoms with van der Waals surface area (Å²) in [6.45, 7) is 0. The summed E-state index contributed by atoms with van der Waals surface area (Å²) in [5, 5.41) is 16.3. The molecule has 0 heterocycles. The molecule has 4 nitrogen and oxygen atoms in total. The molecule has 2 N–H and O–H groups in total. The van der Waals surface area contributed by atoms with Gasteiger partial charge in [0.05, 0.1) is 0 Å². The normalized spacial score (nSPS) is 8.86. The van der Waals surface area contributed by atoms with Gasteiger partial charge in [0.1, 0.15) is 0 Å². The van der Waals surface area contributed by atoms with Crippen LogP contribution in [0.4, 0.5) is 0 Å². The predicted octanol–water partition coefficient (Wildman–Crippen LogP) is 0.275. The fraction of sp³-hybridized carbons (Fsp3) is 0. The Labute approximate surface area is 80.6 Å². The lowest BCUT2D eigenvalue weighted by Crippen LogP contribution is -1.84. The monoisotopic (exact) mass is 190 g/mol. The summed E-state index contributed by atoms with van der Waals surface area (Å²) in [4.78, 5) is 19.9. The van der Waals surface area contributed by atoms with E-state index < -0.39 is 11.9 Å². The first kappa shape index (κ1) is 11.5. The second-order valence-corrected chi connectivity index (χ2v) is 1.88. The summed E-state index contributed by atoms with van der Waals surface area (Å²) in [5.74, 6) is 7.12. The molecular formula is C10H6O4. The lowest BCUT2D eigenvalue weighted by atomic mass is 10.4. The van der Waals surface area contributed by atoms with Gasteiger partial charge in [-0.2, -0.15) is 0 Å². The molecule has 0 unspecified atom stereocenters. The van der Waals surface area contributed by atoms with Crippen LogP contribution in [-0.4, -0.2) is 22.2 Å². The quantitative estimate of drug-likeness (QED) is 0.484. The molecule has 0 radical (unpaired) electrons. The van der Waals surface area contributed by atoms with Crippen molar-refractivity contribution in [2.45, 2.75) is 0 Å². The zero-order valence-electron chi connectivity index (χ0n) is 7.02. The summed E-state index contributed by atoms with van der Waals surface area (Å²) < 4.78 is 0. The summed E-state index contributed by atoms with van der Waals surface area (Å²) in [6.07, 6.45) is 4.03. The van der Waals surface area contributed by atoms with Crippen LogP contribution < -0.4 is 0 Å². The highest BCUT2D eigenvalue weighted by Gasteiger charge is 1.80. The molecule has 14 heavy (non-hydrogen) atoms. The lowest BCUT2D eigenvalue weighted by Gasteiger charge is -1.70. The van der Waals surface area contributed by atoms with E-state index in [1.165, 1.54) is 0 Å². The Balaban J connectivity index is 4.03. The van der Waals surface area contributed by atoms with Gasteiger partial charge in [-0.3, -0.25) is 0 Å². The maximum Gasteiger partial charge on any atom is 0.328 e. The Morgan fingerprint density at radius 3 is 1.50 bits per heavy atom. The van der Waals surface area contributed by atoms with Crippen LogP contribution in [0.25, 0.3) is 0 Å². The van der Waals surface area contributed by atoms with Crippen LogP contribution in [0.3, 0.4) is 0 Å². The Morgan fingerprint density at radius 1 is 0.857 bits per heavy atom. The van der Waals surface area contributed by atoms with E-state index in [1.807, 2.05) is 0 Å². The highest BCUT2D eigenvalue weighted by atomic mass is 16.4. The molecule has 0 aromatic carbocycles. The summed E-state index contributed by atoms with van der Waals surface area (Å²) in [6, 6.07) is 0. The van der Waals surface area contributed by atoms with Crippen LogP contribution in [0.1, 0.15) is 0 Å². The molecule has 0 aliphatic heterocycles. The minimum atomic E-state index is -1.09. The SMILES string of the molecule is O=C(O)C=CC#CC#CC=CC(=O)O. The number of carboxylic acids is 2. The van der Waals surface area contributed by atoms with E-state index in [0.717, 1.165) is 24.3 Å². The van der Waals surface area contributed by atoms with Crippen molar-refractivity contribution in [3.8, 4) is 23.7 Å². The number of hydrogen-bond donors (Lipinski definition) is 2. The van der Waals surface area contributed by atoms with Crippen LogP contribution in [0.2, 0.25) is 0 Å². The van der Waals surface area contributed by atoms with Crippen molar-refractivity contribution in [2.75, 3.05) is 0 Å². The number of rotatable bonds is 2. The summed E-state index contributed by atoms with van der Waals surface area (Å²) >= 11 is 0. The van der Waals surface area contributed by atoms with Crippen molar-refractivity contribution in [3.63, 3.8) is 0 Å². The minimum absolute atomic E-state index is 0.877. The van der Waals surface area contributed by atoms with Gasteiger partial charge in [0, 0.05) is 12.2 Å². The Bertz CT molecular complexity index is 353. The third-order valence-corrected chi connectivity index (χ3v) is 0.825. The second kappa shape index (κ2) is 7.20. The molecule has 0 aromatic heterocycles. The van der Waals surface area contributed by atoms with Gasteiger partial charge in [-0.15, -0.1) is 0 Å². The van der Waals surface area contributed by atoms with Crippen molar-refractivity contribution >= 4 is 11.9 Å². The number of aliphatic carboxylic acids is 2. The molecule has 0 fully saturated rings. The van der Waals surface area contributed by atoms with Crippen LogP contribution in [0.15, 0.2) is 24.3 Å². The average Bonchev–Trinajstić information content (AvgIpc) is 2.08. The lowest BCUT2D eigenvalue weighted by molar-refractivity contribution is -0.132. The zero-order chi connectivity index (χ0) is 10.8. The summed E-state index contributed by atoms with van der Waals surface area (Å²) in [5.41, 5.74) is 0. The van der Waals surface area contributed by atoms with Gasteiger partial charge in [-0.1, -0.05) is 11.8 Å². The first-order chi connectivity index (χ1) is 6.63. The molecule has 0 rings (SSSR count). The van der Waals surface area contributed by atoms with E-state index in [0.29, 0.717) is 0 Å². The topological polar surface area (TPSA) is 74.6 Å². The highest BCUT2D eigenvalue weighted by Crippen LogP contribution is 1.70. The maximum absolute atomic E-state index is 9.94. The largest absolute Gasteiger partial charge is 0.478 e. The molecule has 0 amide bonds. The number of carboxylic acid groups (broad SMARTS) is 2. The van der Waals surface area contributed by atoms with Gasteiger partial charge in [-0.05, 0) is 24.0 Å². The Kier molecular flexibility index (Phi) is 5.94. The Hall–Kier alpha value is -2.46. The van der Waals surface area contributed by atoms with Crippen LogP contribution in [0, 0.1) is 23.7 Å². The molecule has 70 valence electrons. The standard InChI is InChI=1S/C10H6O4/c11-9(12)7-5-3-1-2-4-6-8-10(13)14/h5-8H,(H,11,12)(H,13,14). The van der Waals surface area contributed by atoms with Crippen molar-refractivity contribution in [3.05, 3.63) is 24.3 Å². The fourth-order valence-electron chi connectivity index (χ4n) is 0.381. The number of hydrogen-bond acceptors (Lipinski definition) is 2. The molecule has 0 aromatic rings. The first-order valence-corrected chi connectivity index (χ1v) is 3.43. The molecule has 0 spiro atoms. The third-order valence-electron chi connectivity index (χ3n) is 0.825. The molecule has 0 atom stereocenters. The fourth-order valence-corrected chi connectivity index (χ4v) is 0.381. The second-order valence-electron chi connectivity index (χ2n) is 1.88. The van der Waals surface area contributed by atoms with Gasteiger partial charge < -0.3 is 10.2 Å². The van der Waals surface area contributed by atoms with Crippen LogP contribution in [-0.2, 0) is 9.59 Å². The molecule has 0 aliphatic rings. The van der Waals surface area contributed by atoms with Crippen LogP contribution >= 0.6 is 0 Å². The maximum atomic E-state index is 9.94.